The van der Waals surface area contributed by atoms with Crippen LogP contribution in [0, 0.1) is 0 Å². The van der Waals surface area contributed by atoms with Crippen LogP contribution in [0.5, 0.6) is 0 Å². The Hall–Kier alpha value is 0.190. The summed E-state index contributed by atoms with van der Waals surface area (Å²) in [5.74, 6) is 0. The van der Waals surface area contributed by atoms with E-state index >= 15 is 0 Å². The van der Waals surface area contributed by atoms with Crippen molar-refractivity contribution in [3.8, 4) is 0 Å². The second-order valence-corrected chi connectivity index (χ2v) is 4.93. The van der Waals surface area contributed by atoms with Gasteiger partial charge in [-0.15, -0.1) is 0 Å². The molecule has 1 heterocycles. The van der Waals surface area contributed by atoms with Gasteiger partial charge in [0.2, 0.25) is 0 Å². The Morgan fingerprint density at radius 2 is 2.07 bits per heavy atom. The topological polar surface area (TPSA) is 12.5 Å². The van der Waals surface area contributed by atoms with E-state index in [-0.39, 0.29) is 18.7 Å². The van der Waals surface area contributed by atoms with Gasteiger partial charge >= 0.3 is 6.18 Å². The van der Waals surface area contributed by atoms with Crippen LogP contribution in [0.1, 0.15) is 13.8 Å². The predicted octanol–water partition coefficient (Wildman–Crippen LogP) is 2.42. The number of hydrogen-bond acceptors (Lipinski definition) is 2. The Bertz CT molecular complexity index is 212. The Morgan fingerprint density at radius 3 is 2.60 bits per heavy atom. The lowest BCUT2D eigenvalue weighted by Crippen LogP contribution is -2.51. The summed E-state index contributed by atoms with van der Waals surface area (Å²) in [5, 5.41) is 0. The first-order chi connectivity index (χ1) is 6.82. The van der Waals surface area contributed by atoms with Crippen molar-refractivity contribution in [1.82, 2.24) is 4.90 Å². The first-order valence-corrected chi connectivity index (χ1v) is 5.80. The Morgan fingerprint density at radius 1 is 1.47 bits per heavy atom. The van der Waals surface area contributed by atoms with Crippen molar-refractivity contribution in [3.63, 3.8) is 0 Å². The average Bonchev–Trinajstić information content (AvgIpc) is 2.11. The van der Waals surface area contributed by atoms with E-state index in [0.717, 1.165) is 0 Å². The molecular formula is C9H15BrF3NO. The molecule has 0 aromatic heterocycles. The fraction of sp³-hybridized carbons (Fsp3) is 1.00. The number of hydrogen-bond donors (Lipinski definition) is 0. The number of halogens is 4. The number of nitrogens with zero attached hydrogens (tertiary/aromatic N) is 1. The van der Waals surface area contributed by atoms with E-state index in [1.54, 1.807) is 4.90 Å². The Balaban J connectivity index is 2.50. The van der Waals surface area contributed by atoms with Gasteiger partial charge in [0.05, 0.1) is 12.7 Å². The molecule has 0 bridgehead atoms. The molecule has 0 aromatic carbocycles. The quantitative estimate of drug-likeness (QED) is 0.724. The highest BCUT2D eigenvalue weighted by atomic mass is 79.9. The van der Waals surface area contributed by atoms with Crippen molar-refractivity contribution in [1.29, 1.82) is 0 Å². The van der Waals surface area contributed by atoms with Crippen LogP contribution in [0.4, 0.5) is 13.2 Å². The van der Waals surface area contributed by atoms with Gasteiger partial charge in [0, 0.05) is 19.1 Å². The Labute approximate surface area is 95.9 Å². The fourth-order valence-corrected chi connectivity index (χ4v) is 1.93. The van der Waals surface area contributed by atoms with Crippen molar-refractivity contribution in [2.45, 2.75) is 37.0 Å². The summed E-state index contributed by atoms with van der Waals surface area (Å²) < 4.78 is 42.3. The molecule has 0 saturated carbocycles. The monoisotopic (exact) mass is 289 g/mol. The standard InChI is InChI=1S/C9H15BrF3NO/c1-6-7(2)15-4-3-14(6)5-8(10)9(11,12)13/h6-8H,3-5H2,1-2H3. The van der Waals surface area contributed by atoms with Crippen LogP contribution in [0.2, 0.25) is 0 Å². The largest absolute Gasteiger partial charge is 0.402 e. The highest BCUT2D eigenvalue weighted by Gasteiger charge is 2.40. The van der Waals surface area contributed by atoms with Gasteiger partial charge in [0.15, 0.2) is 0 Å². The molecule has 2 nitrogen and oxygen atoms in total. The lowest BCUT2D eigenvalue weighted by molar-refractivity contribution is -0.138. The van der Waals surface area contributed by atoms with Gasteiger partial charge in [0.1, 0.15) is 4.83 Å². The number of rotatable bonds is 2. The van der Waals surface area contributed by atoms with Crippen molar-refractivity contribution >= 4 is 15.9 Å². The van der Waals surface area contributed by atoms with E-state index in [9.17, 15) is 13.2 Å². The van der Waals surface area contributed by atoms with Gasteiger partial charge in [-0.1, -0.05) is 15.9 Å². The molecule has 1 rings (SSSR count). The molecule has 0 radical (unpaired) electrons. The summed E-state index contributed by atoms with van der Waals surface area (Å²) >= 11 is 2.67. The van der Waals surface area contributed by atoms with Gasteiger partial charge in [-0.25, -0.2) is 0 Å². The summed E-state index contributed by atoms with van der Waals surface area (Å²) in [6.45, 7) is 4.82. The van der Waals surface area contributed by atoms with Crippen molar-refractivity contribution in [3.05, 3.63) is 0 Å². The van der Waals surface area contributed by atoms with Crippen LogP contribution in [0.3, 0.4) is 0 Å². The van der Waals surface area contributed by atoms with E-state index < -0.39 is 11.0 Å². The molecule has 0 spiro atoms. The summed E-state index contributed by atoms with van der Waals surface area (Å²) in [6.07, 6.45) is -4.19. The van der Waals surface area contributed by atoms with Crippen LogP contribution < -0.4 is 0 Å². The maximum Gasteiger partial charge on any atom is 0.402 e. The summed E-state index contributed by atoms with van der Waals surface area (Å²) in [5.41, 5.74) is 0. The lowest BCUT2D eigenvalue weighted by Gasteiger charge is -2.38. The normalized spacial score (nSPS) is 31.6. The molecule has 1 saturated heterocycles. The van der Waals surface area contributed by atoms with E-state index in [1.807, 2.05) is 13.8 Å². The zero-order valence-electron chi connectivity index (χ0n) is 8.72. The third-order valence-corrected chi connectivity index (χ3v) is 3.57. The maximum absolute atomic E-state index is 12.3. The molecule has 15 heavy (non-hydrogen) atoms. The lowest BCUT2D eigenvalue weighted by atomic mass is 10.1. The molecule has 1 aliphatic rings. The van der Waals surface area contributed by atoms with Crippen LogP contribution in [-0.2, 0) is 4.74 Å². The minimum absolute atomic E-state index is 0.00770. The van der Waals surface area contributed by atoms with Gasteiger partial charge in [0.25, 0.3) is 0 Å². The van der Waals surface area contributed by atoms with E-state index in [4.69, 9.17) is 4.74 Å². The fourth-order valence-electron chi connectivity index (χ4n) is 1.56. The molecule has 3 atom stereocenters. The maximum atomic E-state index is 12.3. The Kier molecular flexibility index (Phi) is 4.43. The molecular weight excluding hydrogens is 275 g/mol. The van der Waals surface area contributed by atoms with Crippen molar-refractivity contribution < 1.29 is 17.9 Å². The van der Waals surface area contributed by atoms with E-state index in [1.165, 1.54) is 0 Å². The van der Waals surface area contributed by atoms with Crippen LogP contribution in [0.25, 0.3) is 0 Å². The minimum Gasteiger partial charge on any atom is -0.376 e. The molecule has 90 valence electrons. The van der Waals surface area contributed by atoms with Crippen molar-refractivity contribution in [2.75, 3.05) is 19.7 Å². The first-order valence-electron chi connectivity index (χ1n) is 4.89. The molecule has 0 amide bonds. The van der Waals surface area contributed by atoms with E-state index in [0.29, 0.717) is 13.2 Å². The highest BCUT2D eigenvalue weighted by Crippen LogP contribution is 2.28. The number of alkyl halides is 4. The van der Waals surface area contributed by atoms with Crippen LogP contribution in [0.15, 0.2) is 0 Å². The third kappa shape index (κ3) is 3.60. The summed E-state index contributed by atoms with van der Waals surface area (Å²) in [7, 11) is 0. The zero-order valence-corrected chi connectivity index (χ0v) is 10.3. The highest BCUT2D eigenvalue weighted by molar-refractivity contribution is 9.09. The summed E-state index contributed by atoms with van der Waals surface area (Å²) in [4.78, 5) is 0.346. The first kappa shape index (κ1) is 13.3. The van der Waals surface area contributed by atoms with Gasteiger partial charge < -0.3 is 4.74 Å². The molecule has 0 aromatic rings. The molecule has 6 heteroatoms. The van der Waals surface area contributed by atoms with Gasteiger partial charge in [-0.3, -0.25) is 4.90 Å². The third-order valence-electron chi connectivity index (χ3n) is 2.76. The van der Waals surface area contributed by atoms with Gasteiger partial charge in [-0.05, 0) is 13.8 Å². The van der Waals surface area contributed by atoms with Crippen LogP contribution in [-0.4, -0.2) is 47.7 Å². The second-order valence-electron chi connectivity index (χ2n) is 3.82. The van der Waals surface area contributed by atoms with E-state index in [2.05, 4.69) is 15.9 Å². The average molecular weight is 290 g/mol. The molecule has 1 aliphatic heterocycles. The molecule has 3 unspecified atom stereocenters. The number of ether oxygens (including phenoxy) is 1. The van der Waals surface area contributed by atoms with Crippen molar-refractivity contribution in [2.24, 2.45) is 0 Å². The smallest absolute Gasteiger partial charge is 0.376 e. The van der Waals surface area contributed by atoms with Crippen LogP contribution >= 0.6 is 15.9 Å². The predicted molar refractivity (Wildman–Crippen MR) is 55.2 cm³/mol. The summed E-state index contributed by atoms with van der Waals surface area (Å²) in [6, 6.07) is 0.0288. The zero-order chi connectivity index (χ0) is 11.6. The second kappa shape index (κ2) is 5.01. The molecule has 0 N–H and O–H groups in total. The molecule has 0 aliphatic carbocycles. The van der Waals surface area contributed by atoms with Gasteiger partial charge in [-0.2, -0.15) is 13.2 Å². The molecule has 1 fully saturated rings. The minimum atomic E-state index is -4.18. The number of morpholine rings is 1. The SMILES string of the molecule is CC1OCCN(CC(Br)C(F)(F)F)C1C.